The van der Waals surface area contributed by atoms with Gasteiger partial charge in [-0.2, -0.15) is 0 Å². The molecule has 0 bridgehead atoms. The van der Waals surface area contributed by atoms with Crippen molar-refractivity contribution in [2.75, 3.05) is 37.2 Å². The number of primary amides is 1. The van der Waals surface area contributed by atoms with Gasteiger partial charge in [-0.3, -0.25) is 14.5 Å². The van der Waals surface area contributed by atoms with E-state index in [-0.39, 0.29) is 12.1 Å². The Labute approximate surface area is 203 Å². The lowest BCUT2D eigenvalue weighted by molar-refractivity contribution is 0.0594. The lowest BCUT2D eigenvalue weighted by Gasteiger charge is -2.38. The van der Waals surface area contributed by atoms with E-state index in [0.29, 0.717) is 35.6 Å². The number of nitrogen functional groups attached to an aromatic ring is 1. The van der Waals surface area contributed by atoms with Crippen LogP contribution in [0.3, 0.4) is 0 Å². The molecule has 0 saturated carbocycles. The Hall–Kier alpha value is -4.35. The molecule has 1 unspecified atom stereocenters. The van der Waals surface area contributed by atoms with E-state index in [1.807, 2.05) is 41.3 Å². The number of nitrogens with one attached hydrogen (secondary N) is 1. The standard InChI is InChI=1S/C27H26N6O2/c28-25-22-17-24(31-23(22)10-11-30-25)32-12-14-33(15-13-32)27(35)20-8-6-18(7-9-20)4-5-19-2-1-3-21(16-19)26(29)34/h1-3,6-11,16,24,31H,12-15,17H2,(H2,28,30)(H2,29,34). The molecule has 0 radical (unpaired) electrons. The van der Waals surface area contributed by atoms with E-state index in [1.165, 1.54) is 0 Å². The summed E-state index contributed by atoms with van der Waals surface area (Å²) in [6.45, 7) is 2.91. The Kier molecular flexibility index (Phi) is 6.08. The van der Waals surface area contributed by atoms with E-state index in [2.05, 4.69) is 27.0 Å². The van der Waals surface area contributed by atoms with Crippen molar-refractivity contribution in [3.8, 4) is 11.8 Å². The Bertz CT molecular complexity index is 1330. The normalized spacial score (nSPS) is 17.1. The number of anilines is 2. The molecule has 1 saturated heterocycles. The van der Waals surface area contributed by atoms with Gasteiger partial charge in [-0.25, -0.2) is 4.98 Å². The number of nitrogens with two attached hydrogens (primary N) is 2. The van der Waals surface area contributed by atoms with Gasteiger partial charge in [0.1, 0.15) is 5.82 Å². The average Bonchev–Trinajstić information content (AvgIpc) is 3.33. The molecule has 8 heteroatoms. The average molecular weight is 467 g/mol. The van der Waals surface area contributed by atoms with Gasteiger partial charge in [0.2, 0.25) is 5.91 Å². The van der Waals surface area contributed by atoms with Gasteiger partial charge in [0, 0.05) is 72.3 Å². The molecule has 0 aliphatic carbocycles. The highest BCUT2D eigenvalue weighted by molar-refractivity contribution is 5.94. The van der Waals surface area contributed by atoms with Gasteiger partial charge >= 0.3 is 0 Å². The lowest BCUT2D eigenvalue weighted by Crippen LogP contribution is -2.53. The summed E-state index contributed by atoms with van der Waals surface area (Å²) < 4.78 is 0. The van der Waals surface area contributed by atoms with Crippen molar-refractivity contribution in [3.63, 3.8) is 0 Å². The first kappa shape index (κ1) is 22.4. The van der Waals surface area contributed by atoms with Crippen LogP contribution in [0.15, 0.2) is 60.8 Å². The van der Waals surface area contributed by atoms with Crippen molar-refractivity contribution in [1.82, 2.24) is 14.8 Å². The third kappa shape index (κ3) is 4.81. The highest BCUT2D eigenvalue weighted by Crippen LogP contribution is 2.30. The van der Waals surface area contributed by atoms with E-state index in [4.69, 9.17) is 11.5 Å². The molecule has 2 aliphatic rings. The topological polar surface area (TPSA) is 118 Å². The first-order valence-corrected chi connectivity index (χ1v) is 11.5. The van der Waals surface area contributed by atoms with Gasteiger partial charge in [-0.1, -0.05) is 17.9 Å². The quantitative estimate of drug-likeness (QED) is 0.508. The molecular formula is C27H26N6O2. The van der Waals surface area contributed by atoms with Crippen LogP contribution in [0.4, 0.5) is 11.5 Å². The number of hydrogen-bond acceptors (Lipinski definition) is 6. The molecule has 2 aromatic carbocycles. The fourth-order valence-electron chi connectivity index (χ4n) is 4.51. The second kappa shape index (κ2) is 9.49. The molecule has 2 amide bonds. The largest absolute Gasteiger partial charge is 0.383 e. The number of piperazine rings is 1. The number of pyridine rings is 1. The van der Waals surface area contributed by atoms with Gasteiger partial charge in [0.05, 0.1) is 6.17 Å². The predicted octanol–water partition coefficient (Wildman–Crippen LogP) is 1.91. The summed E-state index contributed by atoms with van der Waals surface area (Å²) in [7, 11) is 0. The van der Waals surface area contributed by atoms with E-state index in [1.54, 1.807) is 24.4 Å². The van der Waals surface area contributed by atoms with Crippen molar-refractivity contribution in [2.24, 2.45) is 5.73 Å². The molecule has 3 heterocycles. The molecule has 5 rings (SSSR count). The summed E-state index contributed by atoms with van der Waals surface area (Å²) in [5, 5.41) is 3.53. The monoisotopic (exact) mass is 466 g/mol. The highest BCUT2D eigenvalue weighted by Gasteiger charge is 2.31. The summed E-state index contributed by atoms with van der Waals surface area (Å²) in [5.74, 6) is 6.22. The van der Waals surface area contributed by atoms with Crippen molar-refractivity contribution in [2.45, 2.75) is 12.6 Å². The molecule has 3 aromatic rings. The molecule has 35 heavy (non-hydrogen) atoms. The van der Waals surface area contributed by atoms with E-state index in [0.717, 1.165) is 36.3 Å². The van der Waals surface area contributed by atoms with Crippen molar-refractivity contribution in [1.29, 1.82) is 0 Å². The van der Waals surface area contributed by atoms with Crippen LogP contribution in [0.25, 0.3) is 0 Å². The Morgan fingerprint density at radius 3 is 2.40 bits per heavy atom. The molecule has 5 N–H and O–H groups in total. The van der Waals surface area contributed by atoms with Crippen LogP contribution >= 0.6 is 0 Å². The minimum atomic E-state index is -0.482. The number of hydrogen-bond donors (Lipinski definition) is 3. The minimum Gasteiger partial charge on any atom is -0.383 e. The van der Waals surface area contributed by atoms with Crippen LogP contribution in [0, 0.1) is 11.8 Å². The van der Waals surface area contributed by atoms with Crippen LogP contribution in [0.2, 0.25) is 0 Å². The predicted molar refractivity (Wildman–Crippen MR) is 135 cm³/mol. The first-order chi connectivity index (χ1) is 17.0. The van der Waals surface area contributed by atoms with Crippen molar-refractivity contribution >= 4 is 23.3 Å². The first-order valence-electron chi connectivity index (χ1n) is 11.5. The molecule has 176 valence electrons. The number of amides is 2. The number of fused-ring (bicyclic) bond motifs is 1. The summed E-state index contributed by atoms with van der Waals surface area (Å²) in [6.07, 6.45) is 2.71. The van der Waals surface area contributed by atoms with Crippen LogP contribution in [-0.4, -0.2) is 58.9 Å². The SMILES string of the molecule is NC(=O)c1cccc(C#Cc2ccc(C(=O)N3CCN(C4Cc5c(ccnc5N)N4)CC3)cc2)c1. The summed E-state index contributed by atoms with van der Waals surface area (Å²) in [5.41, 5.74) is 16.0. The Balaban J connectivity index is 1.17. The molecular weight excluding hydrogens is 440 g/mol. The van der Waals surface area contributed by atoms with E-state index < -0.39 is 5.91 Å². The van der Waals surface area contributed by atoms with Crippen LogP contribution < -0.4 is 16.8 Å². The summed E-state index contributed by atoms with van der Waals surface area (Å²) in [4.78, 5) is 32.8. The van der Waals surface area contributed by atoms with Crippen LogP contribution in [0.1, 0.15) is 37.4 Å². The van der Waals surface area contributed by atoms with Crippen LogP contribution in [-0.2, 0) is 6.42 Å². The number of nitrogens with zero attached hydrogens (tertiary/aromatic N) is 3. The zero-order valence-corrected chi connectivity index (χ0v) is 19.2. The number of carbonyl (C=O) groups is 2. The molecule has 1 aromatic heterocycles. The Morgan fingerprint density at radius 1 is 0.943 bits per heavy atom. The van der Waals surface area contributed by atoms with E-state index >= 15 is 0 Å². The van der Waals surface area contributed by atoms with E-state index in [9.17, 15) is 9.59 Å². The zero-order chi connectivity index (χ0) is 24.4. The van der Waals surface area contributed by atoms with Gasteiger partial charge in [0.25, 0.3) is 5.91 Å². The second-order valence-electron chi connectivity index (χ2n) is 8.69. The molecule has 1 fully saturated rings. The maximum absolute atomic E-state index is 13.0. The third-order valence-corrected chi connectivity index (χ3v) is 6.48. The molecule has 8 nitrogen and oxygen atoms in total. The summed E-state index contributed by atoms with van der Waals surface area (Å²) in [6, 6.07) is 16.1. The smallest absolute Gasteiger partial charge is 0.253 e. The van der Waals surface area contributed by atoms with Gasteiger partial charge in [0.15, 0.2) is 0 Å². The van der Waals surface area contributed by atoms with Gasteiger partial charge in [-0.05, 0) is 48.5 Å². The fourth-order valence-corrected chi connectivity index (χ4v) is 4.51. The highest BCUT2D eigenvalue weighted by atomic mass is 16.2. The number of carbonyl (C=O) groups excluding carboxylic acids is 2. The number of benzene rings is 2. The molecule has 1 atom stereocenters. The van der Waals surface area contributed by atoms with Crippen molar-refractivity contribution < 1.29 is 9.59 Å². The number of rotatable bonds is 3. The number of aromatic nitrogens is 1. The maximum Gasteiger partial charge on any atom is 0.253 e. The fraction of sp³-hybridized carbons (Fsp3) is 0.222. The summed E-state index contributed by atoms with van der Waals surface area (Å²) >= 11 is 0. The van der Waals surface area contributed by atoms with Crippen LogP contribution in [0.5, 0.6) is 0 Å². The molecule has 0 spiro atoms. The van der Waals surface area contributed by atoms with Gasteiger partial charge < -0.3 is 21.7 Å². The van der Waals surface area contributed by atoms with Crippen molar-refractivity contribution in [3.05, 3.63) is 88.6 Å². The van der Waals surface area contributed by atoms with Gasteiger partial charge in [-0.15, -0.1) is 0 Å². The zero-order valence-electron chi connectivity index (χ0n) is 19.2. The minimum absolute atomic E-state index is 0.0226. The lowest BCUT2D eigenvalue weighted by atomic mass is 10.1. The third-order valence-electron chi connectivity index (χ3n) is 6.48. The Morgan fingerprint density at radius 2 is 1.69 bits per heavy atom. The maximum atomic E-state index is 13.0. The molecule has 2 aliphatic heterocycles. The second-order valence-corrected chi connectivity index (χ2v) is 8.69.